The maximum atomic E-state index is 10.2. The summed E-state index contributed by atoms with van der Waals surface area (Å²) >= 11 is 0. The van der Waals surface area contributed by atoms with Crippen molar-refractivity contribution in [3.05, 3.63) is 6.92 Å². The molecule has 0 N–H and O–H groups in total. The Bertz CT molecular complexity index is 156. The van der Waals surface area contributed by atoms with Crippen molar-refractivity contribution in [1.82, 2.24) is 0 Å². The van der Waals surface area contributed by atoms with E-state index in [2.05, 4.69) is 13.8 Å². The summed E-state index contributed by atoms with van der Waals surface area (Å²) < 4.78 is 20.4. The minimum atomic E-state index is -2.17. The van der Waals surface area contributed by atoms with Gasteiger partial charge in [0.1, 0.15) is 10.7 Å². The number of rotatable bonds is 7. The Morgan fingerprint density at radius 1 is 1.25 bits per heavy atom. The molecule has 0 aliphatic heterocycles. The Labute approximate surface area is 77.3 Å². The summed E-state index contributed by atoms with van der Waals surface area (Å²) in [4.78, 5) is 0. The second-order valence-corrected chi connectivity index (χ2v) is 4.32. The first kappa shape index (κ1) is 11.9. The lowest BCUT2D eigenvalue weighted by Crippen LogP contribution is -1.97. The van der Waals surface area contributed by atoms with E-state index in [0.717, 1.165) is 19.3 Å². The van der Waals surface area contributed by atoms with E-state index in [0.29, 0.717) is 11.7 Å². The van der Waals surface area contributed by atoms with Gasteiger partial charge in [0, 0.05) is 5.75 Å². The molecule has 0 saturated heterocycles. The molecule has 0 aromatic heterocycles. The van der Waals surface area contributed by atoms with E-state index >= 15 is 0 Å². The van der Waals surface area contributed by atoms with Crippen molar-refractivity contribution in [2.45, 2.75) is 39.0 Å². The molecule has 0 spiro atoms. The van der Waals surface area contributed by atoms with Gasteiger partial charge in [-0.25, -0.2) is 8.42 Å². The molecule has 0 saturated carbocycles. The van der Waals surface area contributed by atoms with Crippen LogP contribution in [0.3, 0.4) is 0 Å². The highest BCUT2D eigenvalue weighted by Crippen LogP contribution is 2.12. The van der Waals surface area contributed by atoms with Gasteiger partial charge in [-0.05, 0) is 18.8 Å². The highest BCUT2D eigenvalue weighted by Gasteiger charge is 2.01. The normalized spacial score (nSPS) is 13.6. The van der Waals surface area contributed by atoms with Crippen LogP contribution in [0, 0.1) is 12.8 Å². The molecule has 0 rings (SSSR count). The quantitative estimate of drug-likeness (QED) is 0.625. The Morgan fingerprint density at radius 3 is 2.33 bits per heavy atom. The summed E-state index contributed by atoms with van der Waals surface area (Å²) in [6.07, 6.45) is 5.26. The SMILES string of the molecule is [CH2]C(CCCC)CCC[SH](=O)=O. The summed E-state index contributed by atoms with van der Waals surface area (Å²) in [5, 5.41) is 0. The molecule has 3 heteroatoms. The zero-order chi connectivity index (χ0) is 9.40. The molecule has 0 amide bonds. The standard InChI is InChI=1S/C9H19O2S/c1-3-4-6-9(2)7-5-8-12(10)11/h9,12H,2-8H2,1H3. The zero-order valence-electron chi connectivity index (χ0n) is 7.79. The van der Waals surface area contributed by atoms with Gasteiger partial charge in [0.25, 0.3) is 0 Å². The lowest BCUT2D eigenvalue weighted by molar-refractivity contribution is 0.507. The van der Waals surface area contributed by atoms with Gasteiger partial charge in [0.2, 0.25) is 0 Å². The zero-order valence-corrected chi connectivity index (χ0v) is 8.69. The maximum absolute atomic E-state index is 10.2. The smallest absolute Gasteiger partial charge is 0.140 e. The Morgan fingerprint density at radius 2 is 1.83 bits per heavy atom. The predicted molar refractivity (Wildman–Crippen MR) is 52.8 cm³/mol. The fraction of sp³-hybridized carbons (Fsp3) is 0.889. The maximum Gasteiger partial charge on any atom is 0.140 e. The summed E-state index contributed by atoms with van der Waals surface area (Å²) in [7, 11) is -2.17. The third-order valence-electron chi connectivity index (χ3n) is 1.92. The first-order valence-electron chi connectivity index (χ1n) is 4.61. The van der Waals surface area contributed by atoms with Crippen molar-refractivity contribution in [2.24, 2.45) is 5.92 Å². The molecular weight excluding hydrogens is 172 g/mol. The van der Waals surface area contributed by atoms with E-state index in [-0.39, 0.29) is 0 Å². The lowest BCUT2D eigenvalue weighted by Gasteiger charge is -2.07. The van der Waals surface area contributed by atoms with Gasteiger partial charge >= 0.3 is 0 Å². The van der Waals surface area contributed by atoms with E-state index in [4.69, 9.17) is 0 Å². The summed E-state index contributed by atoms with van der Waals surface area (Å²) in [6, 6.07) is 0. The van der Waals surface area contributed by atoms with Gasteiger partial charge in [-0.3, -0.25) is 0 Å². The minimum Gasteiger partial charge on any atom is -0.232 e. The first-order valence-corrected chi connectivity index (χ1v) is 5.98. The molecule has 0 aromatic carbocycles. The van der Waals surface area contributed by atoms with E-state index in [1.54, 1.807) is 0 Å². The number of hydrogen-bond acceptors (Lipinski definition) is 2. The average molecular weight is 191 g/mol. The van der Waals surface area contributed by atoms with Crippen LogP contribution >= 0.6 is 0 Å². The van der Waals surface area contributed by atoms with Crippen LogP contribution in [0.2, 0.25) is 0 Å². The molecule has 0 bridgehead atoms. The molecule has 0 aliphatic rings. The van der Waals surface area contributed by atoms with Crippen molar-refractivity contribution >= 4 is 10.7 Å². The average Bonchev–Trinajstić information content (AvgIpc) is 2.00. The molecule has 1 atom stereocenters. The summed E-state index contributed by atoms with van der Waals surface area (Å²) in [5.74, 6) is 0.771. The van der Waals surface area contributed by atoms with Crippen molar-refractivity contribution in [2.75, 3.05) is 5.75 Å². The van der Waals surface area contributed by atoms with Gasteiger partial charge in [-0.2, -0.15) is 0 Å². The fourth-order valence-corrected chi connectivity index (χ4v) is 1.59. The van der Waals surface area contributed by atoms with Crippen LogP contribution in [0.4, 0.5) is 0 Å². The molecule has 1 radical (unpaired) electrons. The fourth-order valence-electron chi connectivity index (χ4n) is 1.15. The Kier molecular flexibility index (Phi) is 7.56. The Balaban J connectivity index is 3.24. The molecule has 0 aromatic rings. The molecule has 73 valence electrons. The topological polar surface area (TPSA) is 34.1 Å². The van der Waals surface area contributed by atoms with E-state index in [9.17, 15) is 8.42 Å². The van der Waals surface area contributed by atoms with E-state index in [1.165, 1.54) is 12.8 Å². The van der Waals surface area contributed by atoms with Gasteiger partial charge < -0.3 is 0 Å². The number of unbranched alkanes of at least 4 members (excludes halogenated alkanes) is 1. The van der Waals surface area contributed by atoms with Crippen LogP contribution in [-0.2, 0) is 10.7 Å². The second kappa shape index (κ2) is 7.59. The van der Waals surface area contributed by atoms with Crippen LogP contribution in [-0.4, -0.2) is 14.2 Å². The van der Waals surface area contributed by atoms with Gasteiger partial charge in [0.15, 0.2) is 0 Å². The van der Waals surface area contributed by atoms with E-state index in [1.807, 2.05) is 0 Å². The highest BCUT2D eigenvalue weighted by atomic mass is 32.2. The molecule has 0 aliphatic carbocycles. The third-order valence-corrected chi connectivity index (χ3v) is 2.60. The molecule has 0 fully saturated rings. The largest absolute Gasteiger partial charge is 0.232 e. The van der Waals surface area contributed by atoms with Gasteiger partial charge in [-0.1, -0.05) is 33.1 Å². The second-order valence-electron chi connectivity index (χ2n) is 3.21. The summed E-state index contributed by atoms with van der Waals surface area (Å²) in [5.41, 5.74) is 0. The summed E-state index contributed by atoms with van der Waals surface area (Å²) in [6.45, 7) is 6.13. The minimum absolute atomic E-state index is 0.327. The van der Waals surface area contributed by atoms with Crippen LogP contribution < -0.4 is 0 Å². The van der Waals surface area contributed by atoms with Gasteiger partial charge in [-0.15, -0.1) is 0 Å². The molecule has 0 heterocycles. The van der Waals surface area contributed by atoms with Crippen LogP contribution in [0.15, 0.2) is 0 Å². The lowest BCUT2D eigenvalue weighted by atomic mass is 10.00. The molecule has 12 heavy (non-hydrogen) atoms. The van der Waals surface area contributed by atoms with Crippen molar-refractivity contribution in [3.63, 3.8) is 0 Å². The van der Waals surface area contributed by atoms with Crippen LogP contribution in [0.1, 0.15) is 39.0 Å². The van der Waals surface area contributed by atoms with Crippen LogP contribution in [0.5, 0.6) is 0 Å². The number of hydrogen-bond donors (Lipinski definition) is 1. The van der Waals surface area contributed by atoms with Crippen molar-refractivity contribution < 1.29 is 8.42 Å². The van der Waals surface area contributed by atoms with E-state index < -0.39 is 10.7 Å². The van der Waals surface area contributed by atoms with Crippen molar-refractivity contribution in [3.8, 4) is 0 Å². The number of thiol groups is 1. The first-order chi connectivity index (χ1) is 5.66. The Hall–Kier alpha value is -0.0500. The monoisotopic (exact) mass is 191 g/mol. The van der Waals surface area contributed by atoms with Crippen molar-refractivity contribution in [1.29, 1.82) is 0 Å². The molecule has 1 unspecified atom stereocenters. The van der Waals surface area contributed by atoms with Crippen LogP contribution in [0.25, 0.3) is 0 Å². The van der Waals surface area contributed by atoms with Gasteiger partial charge in [0.05, 0.1) is 0 Å². The molecule has 2 nitrogen and oxygen atoms in total. The predicted octanol–water partition coefficient (Wildman–Crippen LogP) is 2.02. The highest BCUT2D eigenvalue weighted by molar-refractivity contribution is 7.72. The third kappa shape index (κ3) is 8.05. The molecular formula is C9H19O2S.